The molecule has 2 heterocycles. The fraction of sp³-hybridized carbons (Fsp3) is 0.929. The van der Waals surface area contributed by atoms with Gasteiger partial charge in [-0.3, -0.25) is 4.79 Å². The molecule has 1 amide bonds. The van der Waals surface area contributed by atoms with Crippen LogP contribution in [-0.2, 0) is 14.6 Å². The van der Waals surface area contributed by atoms with Crippen LogP contribution in [0, 0.1) is 5.92 Å². The zero-order chi connectivity index (χ0) is 14.3. The van der Waals surface area contributed by atoms with Crippen molar-refractivity contribution >= 4 is 28.2 Å². The Kier molecular flexibility index (Phi) is 5.21. The smallest absolute Gasteiger partial charge is 0.239 e. The summed E-state index contributed by atoms with van der Waals surface area (Å²) >= 11 is 0. The fourth-order valence-electron chi connectivity index (χ4n) is 4.02. The highest BCUT2D eigenvalue weighted by Crippen LogP contribution is 2.34. The highest BCUT2D eigenvalue weighted by molar-refractivity contribution is 7.91. The molecule has 3 aliphatic rings. The first-order chi connectivity index (χ1) is 9.46. The first-order valence-electron chi connectivity index (χ1n) is 7.69. The molecular formula is C14H25ClN2O3S. The summed E-state index contributed by atoms with van der Waals surface area (Å²) in [6.45, 7) is 0. The molecule has 4 unspecified atom stereocenters. The number of rotatable bonds is 2. The van der Waals surface area contributed by atoms with Crippen LogP contribution >= 0.6 is 12.4 Å². The molecule has 5 nitrogen and oxygen atoms in total. The largest absolute Gasteiger partial charge is 0.340 e. The number of halogens is 1. The number of sulfone groups is 1. The van der Waals surface area contributed by atoms with Gasteiger partial charge in [0.2, 0.25) is 5.91 Å². The van der Waals surface area contributed by atoms with Crippen molar-refractivity contribution in [3.8, 4) is 0 Å². The predicted molar refractivity (Wildman–Crippen MR) is 84.4 cm³/mol. The molecule has 2 aliphatic heterocycles. The van der Waals surface area contributed by atoms with Crippen molar-refractivity contribution in [2.45, 2.75) is 56.7 Å². The van der Waals surface area contributed by atoms with Gasteiger partial charge in [0.05, 0.1) is 17.5 Å². The van der Waals surface area contributed by atoms with Crippen LogP contribution in [-0.4, -0.2) is 55.9 Å². The number of likely N-dealkylation sites (N-methyl/N-ethyl adjacent to an activating group) is 1. The van der Waals surface area contributed by atoms with Gasteiger partial charge in [0.15, 0.2) is 9.84 Å². The van der Waals surface area contributed by atoms with Crippen LogP contribution in [0.3, 0.4) is 0 Å². The number of hydrogen-bond acceptors (Lipinski definition) is 4. The molecule has 0 spiro atoms. The SMILES string of the molecule is CN(C(=O)C1CC2CCCCC2N1)C1CCS(=O)(=O)C1.Cl. The number of fused-ring (bicyclic) bond motifs is 1. The van der Waals surface area contributed by atoms with Gasteiger partial charge in [0, 0.05) is 19.1 Å². The van der Waals surface area contributed by atoms with Crippen molar-refractivity contribution < 1.29 is 13.2 Å². The molecule has 3 rings (SSSR count). The Bertz CT molecular complexity index is 482. The summed E-state index contributed by atoms with van der Waals surface area (Å²) in [6.07, 6.45) is 6.45. The van der Waals surface area contributed by atoms with Crippen molar-refractivity contribution in [3.05, 3.63) is 0 Å². The lowest BCUT2D eigenvalue weighted by atomic mass is 9.85. The molecule has 0 radical (unpaired) electrons. The second-order valence-corrected chi connectivity index (χ2v) is 8.84. The molecule has 1 N–H and O–H groups in total. The summed E-state index contributed by atoms with van der Waals surface area (Å²) in [4.78, 5) is 14.2. The normalized spacial score (nSPS) is 37.6. The van der Waals surface area contributed by atoms with E-state index in [-0.39, 0.29) is 41.9 Å². The van der Waals surface area contributed by atoms with Crippen molar-refractivity contribution in [1.29, 1.82) is 0 Å². The van der Waals surface area contributed by atoms with E-state index in [4.69, 9.17) is 0 Å². The zero-order valence-electron chi connectivity index (χ0n) is 12.5. The maximum atomic E-state index is 12.6. The molecule has 0 bridgehead atoms. The summed E-state index contributed by atoms with van der Waals surface area (Å²) in [5, 5.41) is 3.48. The minimum Gasteiger partial charge on any atom is -0.340 e. The van der Waals surface area contributed by atoms with Crippen molar-refractivity contribution in [2.24, 2.45) is 5.92 Å². The van der Waals surface area contributed by atoms with Crippen LogP contribution in [0.15, 0.2) is 0 Å². The maximum absolute atomic E-state index is 12.6. The third-order valence-electron chi connectivity index (χ3n) is 5.26. The number of hydrogen-bond donors (Lipinski definition) is 1. The minimum absolute atomic E-state index is 0. The summed E-state index contributed by atoms with van der Waals surface area (Å²) in [5.41, 5.74) is 0. The van der Waals surface area contributed by atoms with Crippen LogP contribution < -0.4 is 5.32 Å². The number of nitrogens with zero attached hydrogens (tertiary/aromatic N) is 1. The molecule has 7 heteroatoms. The van der Waals surface area contributed by atoms with E-state index in [0.29, 0.717) is 18.4 Å². The Morgan fingerprint density at radius 3 is 2.52 bits per heavy atom. The molecule has 4 atom stereocenters. The Morgan fingerprint density at radius 2 is 1.90 bits per heavy atom. The molecule has 0 aromatic carbocycles. The summed E-state index contributed by atoms with van der Waals surface area (Å²) in [6, 6.07) is 0.270. The van der Waals surface area contributed by atoms with Gasteiger partial charge >= 0.3 is 0 Å². The Hall–Kier alpha value is -0.330. The molecule has 21 heavy (non-hydrogen) atoms. The lowest BCUT2D eigenvalue weighted by molar-refractivity contribution is -0.133. The maximum Gasteiger partial charge on any atom is 0.239 e. The third kappa shape index (κ3) is 3.54. The minimum atomic E-state index is -2.93. The van der Waals surface area contributed by atoms with Gasteiger partial charge in [-0.15, -0.1) is 12.4 Å². The van der Waals surface area contributed by atoms with Gasteiger partial charge < -0.3 is 10.2 Å². The lowest BCUT2D eigenvalue weighted by Crippen LogP contribution is -2.48. The van der Waals surface area contributed by atoms with Crippen LogP contribution in [0.1, 0.15) is 38.5 Å². The van der Waals surface area contributed by atoms with Gasteiger partial charge in [0.1, 0.15) is 0 Å². The summed E-state index contributed by atoms with van der Waals surface area (Å²) in [5.74, 6) is 1.08. The van der Waals surface area contributed by atoms with Gasteiger partial charge in [-0.05, 0) is 31.6 Å². The highest BCUT2D eigenvalue weighted by atomic mass is 35.5. The van der Waals surface area contributed by atoms with E-state index < -0.39 is 9.84 Å². The molecular weight excluding hydrogens is 312 g/mol. The number of carbonyl (C=O) groups is 1. The predicted octanol–water partition coefficient (Wildman–Crippen LogP) is 0.974. The summed E-state index contributed by atoms with van der Waals surface area (Å²) < 4.78 is 23.1. The Balaban J connectivity index is 0.00000161. The first kappa shape index (κ1) is 17.0. The molecule has 3 fully saturated rings. The second kappa shape index (κ2) is 6.42. The van der Waals surface area contributed by atoms with Gasteiger partial charge in [-0.25, -0.2) is 8.42 Å². The quantitative estimate of drug-likeness (QED) is 0.816. The van der Waals surface area contributed by atoms with E-state index in [1.807, 2.05) is 0 Å². The van der Waals surface area contributed by atoms with Crippen molar-refractivity contribution in [3.63, 3.8) is 0 Å². The van der Waals surface area contributed by atoms with E-state index in [0.717, 1.165) is 6.42 Å². The van der Waals surface area contributed by atoms with E-state index in [2.05, 4.69) is 5.32 Å². The first-order valence-corrected chi connectivity index (χ1v) is 9.51. The third-order valence-corrected chi connectivity index (χ3v) is 7.01. The molecule has 0 aromatic rings. The van der Waals surface area contributed by atoms with E-state index in [1.54, 1.807) is 11.9 Å². The van der Waals surface area contributed by atoms with E-state index in [1.165, 1.54) is 25.7 Å². The van der Waals surface area contributed by atoms with Crippen LogP contribution in [0.4, 0.5) is 0 Å². The average molecular weight is 337 g/mol. The van der Waals surface area contributed by atoms with Crippen molar-refractivity contribution in [2.75, 3.05) is 18.6 Å². The van der Waals surface area contributed by atoms with Crippen LogP contribution in [0.2, 0.25) is 0 Å². The molecule has 0 aromatic heterocycles. The van der Waals surface area contributed by atoms with Gasteiger partial charge in [0.25, 0.3) is 0 Å². The van der Waals surface area contributed by atoms with Crippen LogP contribution in [0.25, 0.3) is 0 Å². The molecule has 1 saturated carbocycles. The number of amides is 1. The molecule has 1 aliphatic carbocycles. The number of nitrogens with one attached hydrogen (secondary N) is 1. The standard InChI is InChI=1S/C14H24N2O3S.ClH/c1-16(11-6-7-20(18,19)9-11)14(17)13-8-10-4-2-3-5-12(10)15-13;/h10-13,15H,2-9H2,1H3;1H. The summed E-state index contributed by atoms with van der Waals surface area (Å²) in [7, 11) is -1.17. The van der Waals surface area contributed by atoms with Gasteiger partial charge in [-0.2, -0.15) is 0 Å². The van der Waals surface area contributed by atoms with E-state index >= 15 is 0 Å². The zero-order valence-corrected chi connectivity index (χ0v) is 14.1. The Morgan fingerprint density at radius 1 is 1.19 bits per heavy atom. The Labute approximate surface area is 133 Å². The fourth-order valence-corrected chi connectivity index (χ4v) is 5.79. The van der Waals surface area contributed by atoms with Crippen LogP contribution in [0.5, 0.6) is 0 Å². The lowest BCUT2D eigenvalue weighted by Gasteiger charge is -2.27. The molecule has 122 valence electrons. The highest BCUT2D eigenvalue weighted by Gasteiger charge is 2.41. The monoisotopic (exact) mass is 336 g/mol. The number of carbonyl (C=O) groups excluding carboxylic acids is 1. The van der Waals surface area contributed by atoms with E-state index in [9.17, 15) is 13.2 Å². The van der Waals surface area contributed by atoms with Crippen molar-refractivity contribution in [1.82, 2.24) is 10.2 Å². The average Bonchev–Trinajstić information content (AvgIpc) is 3.00. The topological polar surface area (TPSA) is 66.5 Å². The van der Waals surface area contributed by atoms with Gasteiger partial charge in [-0.1, -0.05) is 12.8 Å². The molecule has 2 saturated heterocycles. The second-order valence-electron chi connectivity index (χ2n) is 6.61.